The van der Waals surface area contributed by atoms with Gasteiger partial charge in [-0.25, -0.2) is 8.78 Å². The summed E-state index contributed by atoms with van der Waals surface area (Å²) in [5, 5.41) is 0. The van der Waals surface area contributed by atoms with Crippen molar-refractivity contribution in [3.63, 3.8) is 0 Å². The molecule has 1 aromatic rings. The standard InChI is InChI=1S/C15H21F2N/c1-12(2)14-5-3-13(4-6-14)7-9-18-10-8-15(16,17)11-18/h3-6,12H,7-11H2,1-2H3. The van der Waals surface area contributed by atoms with E-state index < -0.39 is 5.92 Å². The minimum atomic E-state index is -2.47. The third-order valence-corrected chi connectivity index (χ3v) is 3.61. The lowest BCUT2D eigenvalue weighted by atomic mass is 10.0. The van der Waals surface area contributed by atoms with Gasteiger partial charge in [-0.05, 0) is 23.5 Å². The lowest BCUT2D eigenvalue weighted by Crippen LogP contribution is -2.27. The van der Waals surface area contributed by atoms with E-state index in [0.717, 1.165) is 13.0 Å². The van der Waals surface area contributed by atoms with Crippen LogP contribution >= 0.6 is 0 Å². The molecule has 0 aliphatic carbocycles. The topological polar surface area (TPSA) is 3.24 Å². The summed E-state index contributed by atoms with van der Waals surface area (Å²) in [5.41, 5.74) is 2.56. The third-order valence-electron chi connectivity index (χ3n) is 3.61. The molecule has 0 amide bonds. The van der Waals surface area contributed by atoms with Gasteiger partial charge in [0.05, 0.1) is 6.54 Å². The van der Waals surface area contributed by atoms with Crippen molar-refractivity contribution in [1.82, 2.24) is 4.90 Å². The third kappa shape index (κ3) is 3.52. The number of benzene rings is 1. The minimum Gasteiger partial charge on any atom is -0.297 e. The predicted octanol–water partition coefficient (Wildman–Crippen LogP) is 3.69. The summed E-state index contributed by atoms with van der Waals surface area (Å²) in [6.07, 6.45) is 0.869. The normalized spacial score (nSPS) is 19.6. The Morgan fingerprint density at radius 3 is 2.39 bits per heavy atom. The highest BCUT2D eigenvalue weighted by Crippen LogP contribution is 2.26. The average Bonchev–Trinajstić information content (AvgIpc) is 2.67. The molecule has 1 heterocycles. The summed E-state index contributed by atoms with van der Waals surface area (Å²) in [5.74, 6) is -1.93. The molecule has 1 aliphatic heterocycles. The van der Waals surface area contributed by atoms with E-state index in [9.17, 15) is 8.78 Å². The number of halogens is 2. The first-order valence-electron chi connectivity index (χ1n) is 6.65. The van der Waals surface area contributed by atoms with Crippen LogP contribution in [0.5, 0.6) is 0 Å². The highest BCUT2D eigenvalue weighted by atomic mass is 19.3. The van der Waals surface area contributed by atoms with Crippen LogP contribution in [0.2, 0.25) is 0 Å². The van der Waals surface area contributed by atoms with Crippen LogP contribution < -0.4 is 0 Å². The SMILES string of the molecule is CC(C)c1ccc(CCN2CCC(F)(F)C2)cc1. The molecule has 18 heavy (non-hydrogen) atoms. The molecule has 1 fully saturated rings. The number of hydrogen-bond acceptors (Lipinski definition) is 1. The molecule has 0 aromatic heterocycles. The van der Waals surface area contributed by atoms with E-state index in [0.29, 0.717) is 12.5 Å². The van der Waals surface area contributed by atoms with Crippen LogP contribution in [0.25, 0.3) is 0 Å². The summed E-state index contributed by atoms with van der Waals surface area (Å²) >= 11 is 0. The van der Waals surface area contributed by atoms with Gasteiger partial charge >= 0.3 is 0 Å². The molecular weight excluding hydrogens is 232 g/mol. The lowest BCUT2D eigenvalue weighted by Gasteiger charge is -2.15. The molecule has 2 rings (SSSR count). The Morgan fingerprint density at radius 1 is 1.22 bits per heavy atom. The second-order valence-corrected chi connectivity index (χ2v) is 5.53. The zero-order valence-electron chi connectivity index (χ0n) is 11.1. The largest absolute Gasteiger partial charge is 0.297 e. The average molecular weight is 253 g/mol. The van der Waals surface area contributed by atoms with Gasteiger partial charge in [0.1, 0.15) is 0 Å². The van der Waals surface area contributed by atoms with E-state index in [1.165, 1.54) is 11.1 Å². The van der Waals surface area contributed by atoms with Crippen LogP contribution in [0.3, 0.4) is 0 Å². The maximum atomic E-state index is 13.0. The Balaban J connectivity index is 1.84. The lowest BCUT2D eigenvalue weighted by molar-refractivity contribution is 0.0123. The van der Waals surface area contributed by atoms with E-state index in [-0.39, 0.29) is 13.0 Å². The molecule has 0 unspecified atom stereocenters. The van der Waals surface area contributed by atoms with Gasteiger partial charge in [-0.3, -0.25) is 4.90 Å². The van der Waals surface area contributed by atoms with Crippen molar-refractivity contribution >= 4 is 0 Å². The Morgan fingerprint density at radius 2 is 1.89 bits per heavy atom. The molecule has 1 aromatic carbocycles. The van der Waals surface area contributed by atoms with Gasteiger partial charge in [0.15, 0.2) is 0 Å². The maximum Gasteiger partial charge on any atom is 0.261 e. The molecule has 3 heteroatoms. The van der Waals surface area contributed by atoms with Gasteiger partial charge in [0.2, 0.25) is 0 Å². The fourth-order valence-corrected chi connectivity index (χ4v) is 2.35. The Bertz CT molecular complexity index is 384. The van der Waals surface area contributed by atoms with Crippen LogP contribution in [-0.4, -0.2) is 30.5 Å². The number of alkyl halides is 2. The van der Waals surface area contributed by atoms with Crippen molar-refractivity contribution in [3.8, 4) is 0 Å². The second kappa shape index (κ2) is 5.35. The van der Waals surface area contributed by atoms with Crippen molar-refractivity contribution in [1.29, 1.82) is 0 Å². The zero-order chi connectivity index (χ0) is 13.2. The summed E-state index contributed by atoms with van der Waals surface area (Å²) in [6.45, 7) is 5.52. The number of rotatable bonds is 4. The molecule has 100 valence electrons. The highest BCUT2D eigenvalue weighted by molar-refractivity contribution is 5.24. The molecule has 1 nitrogen and oxygen atoms in total. The van der Waals surface area contributed by atoms with Gasteiger partial charge in [0.25, 0.3) is 5.92 Å². The second-order valence-electron chi connectivity index (χ2n) is 5.53. The van der Waals surface area contributed by atoms with Crippen molar-refractivity contribution in [2.75, 3.05) is 19.6 Å². The molecular formula is C15H21F2N. The van der Waals surface area contributed by atoms with Gasteiger partial charge in [-0.1, -0.05) is 38.1 Å². The van der Waals surface area contributed by atoms with E-state index in [1.807, 2.05) is 4.90 Å². The quantitative estimate of drug-likeness (QED) is 0.791. The summed E-state index contributed by atoms with van der Waals surface area (Å²) in [6, 6.07) is 8.50. The summed E-state index contributed by atoms with van der Waals surface area (Å²) in [7, 11) is 0. The van der Waals surface area contributed by atoms with Gasteiger partial charge in [-0.15, -0.1) is 0 Å². The molecule has 0 spiro atoms. The summed E-state index contributed by atoms with van der Waals surface area (Å²) in [4.78, 5) is 1.86. The number of hydrogen-bond donors (Lipinski definition) is 0. The van der Waals surface area contributed by atoms with E-state index >= 15 is 0 Å². The van der Waals surface area contributed by atoms with Crippen LogP contribution in [-0.2, 0) is 6.42 Å². The fraction of sp³-hybridized carbons (Fsp3) is 0.600. The smallest absolute Gasteiger partial charge is 0.261 e. The highest BCUT2D eigenvalue weighted by Gasteiger charge is 2.37. The predicted molar refractivity (Wildman–Crippen MR) is 70.2 cm³/mol. The minimum absolute atomic E-state index is 0.0132. The Labute approximate surface area is 108 Å². The monoisotopic (exact) mass is 253 g/mol. The van der Waals surface area contributed by atoms with Gasteiger partial charge in [0, 0.05) is 19.5 Å². The first kappa shape index (κ1) is 13.5. The van der Waals surface area contributed by atoms with E-state index in [2.05, 4.69) is 38.1 Å². The first-order chi connectivity index (χ1) is 8.46. The molecule has 0 radical (unpaired) electrons. The van der Waals surface area contributed by atoms with Gasteiger partial charge in [-0.2, -0.15) is 0 Å². The van der Waals surface area contributed by atoms with Crippen LogP contribution in [0.15, 0.2) is 24.3 Å². The Kier molecular flexibility index (Phi) is 4.00. The molecule has 0 saturated carbocycles. The van der Waals surface area contributed by atoms with Crippen molar-refractivity contribution < 1.29 is 8.78 Å². The molecule has 0 bridgehead atoms. The molecule has 0 atom stereocenters. The van der Waals surface area contributed by atoms with Crippen molar-refractivity contribution in [2.24, 2.45) is 0 Å². The van der Waals surface area contributed by atoms with Crippen LogP contribution in [0.1, 0.15) is 37.3 Å². The zero-order valence-corrected chi connectivity index (χ0v) is 11.1. The summed E-state index contributed by atoms with van der Waals surface area (Å²) < 4.78 is 26.0. The Hall–Kier alpha value is -0.960. The van der Waals surface area contributed by atoms with E-state index in [1.54, 1.807) is 0 Å². The van der Waals surface area contributed by atoms with Crippen LogP contribution in [0, 0.1) is 0 Å². The maximum absolute atomic E-state index is 13.0. The van der Waals surface area contributed by atoms with Crippen molar-refractivity contribution in [3.05, 3.63) is 35.4 Å². The molecule has 1 aliphatic rings. The number of nitrogens with zero attached hydrogens (tertiary/aromatic N) is 1. The molecule has 1 saturated heterocycles. The first-order valence-corrected chi connectivity index (χ1v) is 6.65. The van der Waals surface area contributed by atoms with Gasteiger partial charge < -0.3 is 0 Å². The van der Waals surface area contributed by atoms with Crippen molar-refractivity contribution in [2.45, 2.75) is 38.5 Å². The molecule has 0 N–H and O–H groups in total. The van der Waals surface area contributed by atoms with E-state index in [4.69, 9.17) is 0 Å². The van der Waals surface area contributed by atoms with Crippen LogP contribution in [0.4, 0.5) is 8.78 Å². The fourth-order valence-electron chi connectivity index (χ4n) is 2.35. The number of likely N-dealkylation sites (tertiary alicyclic amines) is 1.